The van der Waals surface area contributed by atoms with Crippen molar-refractivity contribution in [1.82, 2.24) is 19.9 Å². The van der Waals surface area contributed by atoms with Gasteiger partial charge < -0.3 is 9.42 Å². The summed E-state index contributed by atoms with van der Waals surface area (Å²) in [7, 11) is 0. The van der Waals surface area contributed by atoms with Crippen LogP contribution in [0.4, 0.5) is 0 Å². The first-order chi connectivity index (χ1) is 10.6. The second kappa shape index (κ2) is 6.27. The molecular weight excluding hydrogens is 280 g/mol. The number of hydrogen-bond acceptors (Lipinski definition) is 5. The predicted molar refractivity (Wildman–Crippen MR) is 81.4 cm³/mol. The Morgan fingerprint density at radius 3 is 2.68 bits per heavy atom. The summed E-state index contributed by atoms with van der Waals surface area (Å²) in [5.74, 6) is 0.250. The van der Waals surface area contributed by atoms with E-state index in [0.717, 1.165) is 18.8 Å². The Morgan fingerprint density at radius 1 is 1.32 bits per heavy atom. The van der Waals surface area contributed by atoms with Crippen LogP contribution in [0.15, 0.2) is 35.1 Å². The largest absolute Gasteiger partial charge is 0.351 e. The number of amides is 1. The van der Waals surface area contributed by atoms with Gasteiger partial charge in [0.1, 0.15) is 0 Å². The van der Waals surface area contributed by atoms with Crippen LogP contribution in [0.5, 0.6) is 0 Å². The summed E-state index contributed by atoms with van der Waals surface area (Å²) in [6, 6.07) is 6.04. The number of nitrogens with zero attached hydrogens (tertiary/aromatic N) is 4. The van der Waals surface area contributed by atoms with Crippen LogP contribution in [-0.4, -0.2) is 52.0 Å². The van der Waals surface area contributed by atoms with E-state index < -0.39 is 0 Å². The quantitative estimate of drug-likeness (QED) is 0.866. The molecule has 2 aromatic heterocycles. The molecule has 3 heterocycles. The third-order valence-electron chi connectivity index (χ3n) is 4.15. The van der Waals surface area contributed by atoms with Crippen molar-refractivity contribution in [3.63, 3.8) is 0 Å². The third kappa shape index (κ3) is 3.01. The van der Waals surface area contributed by atoms with E-state index in [0.29, 0.717) is 24.9 Å². The van der Waals surface area contributed by atoms with Crippen molar-refractivity contribution in [2.45, 2.75) is 19.9 Å². The molecule has 0 aliphatic carbocycles. The molecule has 1 aliphatic rings. The zero-order chi connectivity index (χ0) is 15.5. The second-order valence-electron chi connectivity index (χ2n) is 5.62. The molecule has 6 nitrogen and oxygen atoms in total. The maximum absolute atomic E-state index is 12.3. The van der Waals surface area contributed by atoms with Crippen molar-refractivity contribution in [2.24, 2.45) is 0 Å². The van der Waals surface area contributed by atoms with Crippen LogP contribution in [0, 0.1) is 6.92 Å². The van der Waals surface area contributed by atoms with Crippen LogP contribution in [-0.2, 0) is 0 Å². The molecular formula is C16H20N4O2. The number of pyridine rings is 1. The zero-order valence-corrected chi connectivity index (χ0v) is 12.9. The van der Waals surface area contributed by atoms with Gasteiger partial charge >= 0.3 is 0 Å². The number of carbonyl (C=O) groups is 1. The van der Waals surface area contributed by atoms with Crippen LogP contribution < -0.4 is 0 Å². The highest BCUT2D eigenvalue weighted by Crippen LogP contribution is 2.21. The molecule has 1 fully saturated rings. The normalized spacial score (nSPS) is 17.5. The van der Waals surface area contributed by atoms with Crippen molar-refractivity contribution in [3.05, 3.63) is 47.6 Å². The van der Waals surface area contributed by atoms with Crippen molar-refractivity contribution in [3.8, 4) is 0 Å². The Bertz CT molecular complexity index is 633. The van der Waals surface area contributed by atoms with E-state index in [2.05, 4.69) is 28.0 Å². The maximum atomic E-state index is 12.3. The molecule has 0 spiro atoms. The van der Waals surface area contributed by atoms with E-state index in [-0.39, 0.29) is 5.91 Å². The lowest BCUT2D eigenvalue weighted by atomic mass is 10.1. The summed E-state index contributed by atoms with van der Waals surface area (Å²) in [5, 5.41) is 3.78. The molecule has 22 heavy (non-hydrogen) atoms. The van der Waals surface area contributed by atoms with Gasteiger partial charge in [0.05, 0.1) is 5.69 Å². The van der Waals surface area contributed by atoms with Crippen LogP contribution in [0.25, 0.3) is 0 Å². The number of carbonyl (C=O) groups excluding carboxylic acids is 1. The molecule has 3 rings (SSSR count). The van der Waals surface area contributed by atoms with Gasteiger partial charge in [-0.3, -0.25) is 14.7 Å². The molecule has 0 bridgehead atoms. The number of rotatable bonds is 3. The van der Waals surface area contributed by atoms with E-state index in [9.17, 15) is 4.79 Å². The highest BCUT2D eigenvalue weighted by atomic mass is 16.5. The smallest absolute Gasteiger partial charge is 0.292 e. The van der Waals surface area contributed by atoms with Crippen molar-refractivity contribution in [2.75, 3.05) is 26.2 Å². The lowest BCUT2D eigenvalue weighted by Gasteiger charge is -2.37. The lowest BCUT2D eigenvalue weighted by Crippen LogP contribution is -2.49. The first-order valence-electron chi connectivity index (χ1n) is 7.51. The van der Waals surface area contributed by atoms with Crippen LogP contribution in [0.3, 0.4) is 0 Å². The van der Waals surface area contributed by atoms with Gasteiger partial charge in [-0.15, -0.1) is 0 Å². The minimum atomic E-state index is -0.0747. The third-order valence-corrected chi connectivity index (χ3v) is 4.15. The van der Waals surface area contributed by atoms with Crippen LogP contribution in [0.2, 0.25) is 0 Å². The second-order valence-corrected chi connectivity index (χ2v) is 5.62. The minimum absolute atomic E-state index is 0.0747. The Kier molecular flexibility index (Phi) is 4.20. The van der Waals surface area contributed by atoms with Crippen molar-refractivity contribution < 1.29 is 9.32 Å². The molecule has 0 unspecified atom stereocenters. The lowest BCUT2D eigenvalue weighted by molar-refractivity contribution is 0.0544. The molecule has 1 saturated heterocycles. The molecule has 1 atom stereocenters. The molecule has 1 aliphatic heterocycles. The van der Waals surface area contributed by atoms with Gasteiger partial charge in [0.2, 0.25) is 5.76 Å². The van der Waals surface area contributed by atoms with E-state index >= 15 is 0 Å². The fourth-order valence-electron chi connectivity index (χ4n) is 2.77. The highest BCUT2D eigenvalue weighted by Gasteiger charge is 2.27. The number of piperazine rings is 1. The molecule has 1 amide bonds. The first kappa shape index (κ1) is 14.7. The first-order valence-corrected chi connectivity index (χ1v) is 7.51. The maximum Gasteiger partial charge on any atom is 0.292 e. The summed E-state index contributed by atoms with van der Waals surface area (Å²) in [5.41, 5.74) is 1.93. The monoisotopic (exact) mass is 300 g/mol. The Hall–Kier alpha value is -2.21. The van der Waals surface area contributed by atoms with Gasteiger partial charge in [-0.25, -0.2) is 0 Å². The van der Waals surface area contributed by atoms with E-state index in [1.54, 1.807) is 12.3 Å². The highest BCUT2D eigenvalue weighted by molar-refractivity contribution is 5.91. The van der Waals surface area contributed by atoms with Gasteiger partial charge in [-0.1, -0.05) is 11.2 Å². The SMILES string of the molecule is Cc1cc(C(=O)N2CCN([C@@H](C)c3cccnc3)CC2)on1. The summed E-state index contributed by atoms with van der Waals surface area (Å²) < 4.78 is 5.06. The molecule has 0 N–H and O–H groups in total. The van der Waals surface area contributed by atoms with Crippen molar-refractivity contribution in [1.29, 1.82) is 0 Å². The van der Waals surface area contributed by atoms with Gasteiger partial charge in [0, 0.05) is 50.7 Å². The average molecular weight is 300 g/mol. The van der Waals surface area contributed by atoms with E-state index in [4.69, 9.17) is 4.52 Å². The standard InChI is InChI=1S/C16H20N4O2/c1-12-10-15(22-18-12)16(21)20-8-6-19(7-9-20)13(2)14-4-3-5-17-11-14/h3-5,10-11,13H,6-9H2,1-2H3/t13-/m0/s1. The molecule has 116 valence electrons. The van der Waals surface area contributed by atoms with Crippen LogP contribution >= 0.6 is 0 Å². The minimum Gasteiger partial charge on any atom is -0.351 e. The molecule has 0 saturated carbocycles. The summed E-state index contributed by atoms with van der Waals surface area (Å²) in [6.07, 6.45) is 3.69. The summed E-state index contributed by atoms with van der Waals surface area (Å²) >= 11 is 0. The molecule has 2 aromatic rings. The topological polar surface area (TPSA) is 62.5 Å². The molecule has 0 aromatic carbocycles. The van der Waals surface area contributed by atoms with Gasteiger partial charge in [0.25, 0.3) is 5.91 Å². The van der Waals surface area contributed by atoms with Gasteiger partial charge in [0.15, 0.2) is 0 Å². The number of aryl methyl sites for hydroxylation is 1. The summed E-state index contributed by atoms with van der Waals surface area (Å²) in [6.45, 7) is 7.07. The van der Waals surface area contributed by atoms with E-state index in [1.807, 2.05) is 24.1 Å². The van der Waals surface area contributed by atoms with Gasteiger partial charge in [-0.2, -0.15) is 0 Å². The molecule has 6 heteroatoms. The number of aromatic nitrogens is 2. The number of hydrogen-bond donors (Lipinski definition) is 0. The predicted octanol–water partition coefficient (Wildman–Crippen LogP) is 1.90. The average Bonchev–Trinajstić information content (AvgIpc) is 3.01. The van der Waals surface area contributed by atoms with E-state index in [1.165, 1.54) is 5.56 Å². The molecule has 0 radical (unpaired) electrons. The Labute approximate surface area is 129 Å². The Balaban J connectivity index is 1.59. The summed E-state index contributed by atoms with van der Waals surface area (Å²) in [4.78, 5) is 20.7. The van der Waals surface area contributed by atoms with Gasteiger partial charge in [-0.05, 0) is 25.5 Å². The fourth-order valence-corrected chi connectivity index (χ4v) is 2.77. The van der Waals surface area contributed by atoms with Crippen LogP contribution in [0.1, 0.15) is 34.8 Å². The Morgan fingerprint density at radius 2 is 2.09 bits per heavy atom. The van der Waals surface area contributed by atoms with Crippen molar-refractivity contribution >= 4 is 5.91 Å². The zero-order valence-electron chi connectivity index (χ0n) is 12.9. The fraction of sp³-hybridized carbons (Fsp3) is 0.438.